The van der Waals surface area contributed by atoms with Crippen LogP contribution in [-0.2, 0) is 38.1 Å². The second kappa shape index (κ2) is 17.6. The van der Waals surface area contributed by atoms with E-state index in [4.69, 9.17) is 24.8 Å². The maximum Gasteiger partial charge on any atom is 0.410 e. The summed E-state index contributed by atoms with van der Waals surface area (Å²) >= 11 is 0. The molecule has 208 valence electrons. The summed E-state index contributed by atoms with van der Waals surface area (Å²) in [6.45, 7) is 10.4. The van der Waals surface area contributed by atoms with Crippen LogP contribution in [0.15, 0.2) is 17.0 Å². The molecule has 0 aliphatic rings. The molecule has 0 saturated carbocycles. The van der Waals surface area contributed by atoms with Gasteiger partial charge in [0.1, 0.15) is 5.60 Å². The first-order valence-corrected chi connectivity index (χ1v) is 11.9. The molecular formula is C24H43N3O9. The zero-order valence-electron chi connectivity index (χ0n) is 22.8. The molecule has 1 amide bonds. The average Bonchev–Trinajstić information content (AvgIpc) is 2.83. The zero-order valence-corrected chi connectivity index (χ0v) is 22.8. The van der Waals surface area contributed by atoms with E-state index in [0.29, 0.717) is 26.1 Å². The van der Waals surface area contributed by atoms with E-state index in [9.17, 15) is 14.4 Å². The molecule has 0 radical (unpaired) electrons. The minimum Gasteiger partial charge on any atom is -0.466 e. The molecule has 0 spiro atoms. The summed E-state index contributed by atoms with van der Waals surface area (Å²) in [5.41, 5.74) is 5.49. The highest BCUT2D eigenvalue weighted by atomic mass is 16.7. The Morgan fingerprint density at radius 1 is 1.06 bits per heavy atom. The van der Waals surface area contributed by atoms with Crippen LogP contribution in [0.4, 0.5) is 4.79 Å². The van der Waals surface area contributed by atoms with Crippen molar-refractivity contribution < 1.29 is 42.9 Å². The molecule has 12 nitrogen and oxygen atoms in total. The highest BCUT2D eigenvalue weighted by molar-refractivity contribution is 5.95. The van der Waals surface area contributed by atoms with Gasteiger partial charge in [-0.15, -0.1) is 0 Å². The van der Waals surface area contributed by atoms with E-state index in [0.717, 1.165) is 33.1 Å². The Labute approximate surface area is 214 Å². The third-order valence-corrected chi connectivity index (χ3v) is 4.81. The number of ether oxygens (including phenoxy) is 5. The number of nitrogens with two attached hydrogens (primary N) is 1. The third kappa shape index (κ3) is 13.3. The van der Waals surface area contributed by atoms with Crippen molar-refractivity contribution in [2.45, 2.75) is 78.0 Å². The molecule has 0 fully saturated rings. The summed E-state index contributed by atoms with van der Waals surface area (Å²) in [5.74, 6) is -2.47. The highest BCUT2D eigenvalue weighted by Gasteiger charge is 2.31. The summed E-state index contributed by atoms with van der Waals surface area (Å²) in [6.07, 6.45) is 2.70. The highest BCUT2D eigenvalue weighted by Crippen LogP contribution is 2.17. The van der Waals surface area contributed by atoms with E-state index in [2.05, 4.69) is 21.6 Å². The normalized spacial score (nSPS) is 14.0. The van der Waals surface area contributed by atoms with Gasteiger partial charge in [0.25, 0.3) is 0 Å². The molecule has 0 bridgehead atoms. The van der Waals surface area contributed by atoms with Gasteiger partial charge in [0.2, 0.25) is 5.76 Å². The molecule has 0 aliphatic heterocycles. The molecule has 0 rings (SSSR count). The molecule has 1 unspecified atom stereocenters. The molecular weight excluding hydrogens is 474 g/mol. The second-order valence-electron chi connectivity index (χ2n) is 8.78. The molecule has 2 N–H and O–H groups in total. The van der Waals surface area contributed by atoms with Crippen molar-refractivity contribution in [2.24, 2.45) is 10.9 Å². The quantitative estimate of drug-likeness (QED) is 0.0473. The molecule has 2 atom stereocenters. The number of hydrogen-bond acceptors (Lipinski definition) is 10. The number of nitrogens with zero attached hydrogens (tertiary/aromatic N) is 2. The average molecular weight is 518 g/mol. The number of unbranched alkanes of at least 4 members (excludes halogenated alkanes) is 1. The number of amidine groups is 1. The van der Waals surface area contributed by atoms with Crippen LogP contribution in [0.2, 0.25) is 0 Å². The van der Waals surface area contributed by atoms with Crippen molar-refractivity contribution in [1.29, 1.82) is 0 Å². The fourth-order valence-electron chi connectivity index (χ4n) is 2.89. The van der Waals surface area contributed by atoms with E-state index in [1.165, 1.54) is 4.90 Å². The van der Waals surface area contributed by atoms with Crippen molar-refractivity contribution >= 4 is 23.9 Å². The van der Waals surface area contributed by atoms with Crippen molar-refractivity contribution in [2.75, 3.05) is 41.1 Å². The van der Waals surface area contributed by atoms with E-state index < -0.39 is 35.4 Å². The van der Waals surface area contributed by atoms with Gasteiger partial charge in [0.15, 0.2) is 5.84 Å². The lowest BCUT2D eigenvalue weighted by molar-refractivity contribution is -0.142. The molecule has 0 aliphatic carbocycles. The van der Waals surface area contributed by atoms with Crippen LogP contribution in [-0.4, -0.2) is 87.6 Å². The van der Waals surface area contributed by atoms with Gasteiger partial charge in [-0.05, 0) is 47.0 Å². The molecule has 0 aromatic rings. The Morgan fingerprint density at radius 3 is 2.22 bits per heavy atom. The first-order chi connectivity index (χ1) is 16.9. The topological polar surface area (TPSA) is 148 Å². The van der Waals surface area contributed by atoms with Crippen molar-refractivity contribution in [1.82, 2.24) is 4.90 Å². The molecule has 36 heavy (non-hydrogen) atoms. The molecule has 0 saturated heterocycles. The number of oxime groups is 1. The lowest BCUT2D eigenvalue weighted by Crippen LogP contribution is -2.50. The number of carbonyl (C=O) groups excluding carboxylic acids is 3. The van der Waals surface area contributed by atoms with E-state index in [-0.39, 0.29) is 18.5 Å². The zero-order chi connectivity index (χ0) is 27.7. The summed E-state index contributed by atoms with van der Waals surface area (Å²) < 4.78 is 25.8. The number of carbonyl (C=O) groups is 3. The van der Waals surface area contributed by atoms with Crippen LogP contribution in [0.5, 0.6) is 0 Å². The monoisotopic (exact) mass is 517 g/mol. The number of likely N-dealkylation sites (N-methyl/N-ethyl adjacent to an activating group) is 1. The van der Waals surface area contributed by atoms with Crippen LogP contribution < -0.4 is 5.73 Å². The van der Waals surface area contributed by atoms with Crippen LogP contribution in [0.1, 0.15) is 60.3 Å². The van der Waals surface area contributed by atoms with E-state index in [1.54, 1.807) is 34.8 Å². The lowest BCUT2D eigenvalue weighted by atomic mass is 10.1. The van der Waals surface area contributed by atoms with Gasteiger partial charge in [-0.2, -0.15) is 0 Å². The van der Waals surface area contributed by atoms with Gasteiger partial charge in [-0.1, -0.05) is 18.5 Å². The third-order valence-electron chi connectivity index (χ3n) is 4.81. The predicted molar refractivity (Wildman–Crippen MR) is 133 cm³/mol. The smallest absolute Gasteiger partial charge is 0.410 e. The largest absolute Gasteiger partial charge is 0.466 e. The van der Waals surface area contributed by atoms with Gasteiger partial charge in [0, 0.05) is 20.3 Å². The molecule has 0 aromatic heterocycles. The van der Waals surface area contributed by atoms with Gasteiger partial charge in [-0.25, -0.2) is 14.4 Å². The van der Waals surface area contributed by atoms with Crippen molar-refractivity contribution in [3.05, 3.63) is 11.8 Å². The lowest BCUT2D eigenvalue weighted by Gasteiger charge is -2.33. The number of amides is 1. The molecule has 0 aromatic carbocycles. The van der Waals surface area contributed by atoms with Crippen LogP contribution >= 0.6 is 0 Å². The fourth-order valence-corrected chi connectivity index (χ4v) is 2.89. The summed E-state index contributed by atoms with van der Waals surface area (Å²) in [6, 6.07) is -0.768. The first-order valence-electron chi connectivity index (χ1n) is 11.9. The Morgan fingerprint density at radius 2 is 1.72 bits per heavy atom. The van der Waals surface area contributed by atoms with Crippen LogP contribution in [0, 0.1) is 0 Å². The SMILES string of the molecule is CCCCOC[C@H](CCC(C(N)=NOC(=CC(=O)OC)C(=O)OC)N(CC)C(=O)OC(C)(C)C)OC. The maximum absolute atomic E-state index is 12.9. The molecule has 12 heteroatoms. The first kappa shape index (κ1) is 33.1. The van der Waals surface area contributed by atoms with Crippen molar-refractivity contribution in [3.63, 3.8) is 0 Å². The van der Waals surface area contributed by atoms with Crippen LogP contribution in [0.3, 0.4) is 0 Å². The van der Waals surface area contributed by atoms with Gasteiger partial charge in [0.05, 0.1) is 39.0 Å². The minimum absolute atomic E-state index is 0.121. The number of hydrogen-bond donors (Lipinski definition) is 1. The Kier molecular flexibility index (Phi) is 16.2. The number of esters is 2. The standard InChI is InChI=1S/C24H43N3O9/c1-9-11-14-34-16-17(31-6)12-13-18(27(10-2)23(30)35-24(3,4)5)21(25)26-36-19(22(29)33-8)15-20(28)32-7/h15,17-18H,9-14,16H2,1-8H3,(H2,25,26)/t17-,18?/m0/s1. The van der Waals surface area contributed by atoms with E-state index in [1.807, 2.05) is 0 Å². The van der Waals surface area contributed by atoms with Crippen molar-refractivity contribution in [3.8, 4) is 0 Å². The van der Waals surface area contributed by atoms with Gasteiger partial charge >= 0.3 is 18.0 Å². The Bertz CT molecular complexity index is 748. The molecule has 0 heterocycles. The Balaban J connectivity index is 5.88. The summed E-state index contributed by atoms with van der Waals surface area (Å²) in [7, 11) is 3.83. The van der Waals surface area contributed by atoms with Crippen LogP contribution in [0.25, 0.3) is 0 Å². The maximum atomic E-state index is 12.9. The number of rotatable bonds is 16. The summed E-state index contributed by atoms with van der Waals surface area (Å²) in [4.78, 5) is 43.0. The summed E-state index contributed by atoms with van der Waals surface area (Å²) in [5, 5.41) is 3.82. The Hall–Kier alpha value is -2.86. The van der Waals surface area contributed by atoms with Gasteiger partial charge < -0.3 is 34.3 Å². The predicted octanol–water partition coefficient (Wildman–Crippen LogP) is 2.74. The van der Waals surface area contributed by atoms with Gasteiger partial charge in [-0.3, -0.25) is 4.90 Å². The second-order valence-corrected chi connectivity index (χ2v) is 8.78. The minimum atomic E-state index is -0.961. The number of methoxy groups -OCH3 is 3. The fraction of sp³-hybridized carbons (Fsp3) is 0.750. The van der Waals surface area contributed by atoms with E-state index >= 15 is 0 Å².